The number of carbonyl (C=O) groups is 1. The number of hydrogen-bond donors (Lipinski definition) is 1. The summed E-state index contributed by atoms with van der Waals surface area (Å²) in [6, 6.07) is 8.17. The van der Waals surface area contributed by atoms with Crippen molar-refractivity contribution in [2.24, 2.45) is 5.73 Å². The molecule has 146 valence electrons. The number of amides is 1. The topological polar surface area (TPSA) is 65.1 Å². The maximum absolute atomic E-state index is 13.8. The van der Waals surface area contributed by atoms with E-state index in [1.807, 2.05) is 0 Å². The first-order valence-corrected chi connectivity index (χ1v) is 8.74. The van der Waals surface area contributed by atoms with E-state index in [0.29, 0.717) is 5.56 Å². The first-order chi connectivity index (χ1) is 13.0. The van der Waals surface area contributed by atoms with Crippen molar-refractivity contribution in [3.63, 3.8) is 0 Å². The van der Waals surface area contributed by atoms with E-state index in [-0.39, 0.29) is 27.5 Å². The molecule has 0 aliphatic carbocycles. The Morgan fingerprint density at radius 3 is 2.39 bits per heavy atom. The Morgan fingerprint density at radius 1 is 1.14 bits per heavy atom. The zero-order chi connectivity index (χ0) is 20.8. The van der Waals surface area contributed by atoms with Gasteiger partial charge in [-0.3, -0.25) is 9.59 Å². The summed E-state index contributed by atoms with van der Waals surface area (Å²) in [5.41, 5.74) is 3.76. The van der Waals surface area contributed by atoms with Gasteiger partial charge in [0.1, 0.15) is 5.56 Å². The Labute approximate surface area is 163 Å². The largest absolute Gasteiger partial charge is 0.418 e. The maximum Gasteiger partial charge on any atom is 0.418 e. The third-order valence-corrected chi connectivity index (χ3v) is 4.72. The maximum atomic E-state index is 13.8. The number of aromatic nitrogens is 1. The van der Waals surface area contributed by atoms with E-state index >= 15 is 0 Å². The third-order valence-electron chi connectivity index (χ3n) is 4.48. The van der Waals surface area contributed by atoms with Crippen LogP contribution >= 0.6 is 11.6 Å². The van der Waals surface area contributed by atoms with Gasteiger partial charge in [0, 0.05) is 16.6 Å². The summed E-state index contributed by atoms with van der Waals surface area (Å²) >= 11 is 5.94. The van der Waals surface area contributed by atoms with Crippen molar-refractivity contribution in [2.45, 2.75) is 25.9 Å². The molecule has 28 heavy (non-hydrogen) atoms. The highest BCUT2D eigenvalue weighted by molar-refractivity contribution is 6.31. The van der Waals surface area contributed by atoms with Gasteiger partial charge < -0.3 is 10.3 Å². The SMILES string of the molecule is CC(C)c1ccc(-n2cc(C(N)=O)c(=O)c3cc(Cl)ccc32)c(C(F)(F)F)c1. The zero-order valence-corrected chi connectivity index (χ0v) is 15.7. The number of alkyl halides is 3. The summed E-state index contributed by atoms with van der Waals surface area (Å²) in [5, 5.41) is 0.217. The Kier molecular flexibility index (Phi) is 4.97. The first kappa shape index (κ1) is 19.9. The third kappa shape index (κ3) is 3.49. The highest BCUT2D eigenvalue weighted by Gasteiger charge is 2.35. The quantitative estimate of drug-likeness (QED) is 0.670. The van der Waals surface area contributed by atoms with Gasteiger partial charge in [0.2, 0.25) is 5.43 Å². The number of primary amides is 1. The molecule has 0 unspecified atom stereocenters. The van der Waals surface area contributed by atoms with Crippen molar-refractivity contribution < 1.29 is 18.0 Å². The second-order valence-electron chi connectivity index (χ2n) is 6.70. The van der Waals surface area contributed by atoms with Crippen LogP contribution in [0.5, 0.6) is 0 Å². The van der Waals surface area contributed by atoms with E-state index in [1.165, 1.54) is 24.3 Å². The molecule has 1 amide bonds. The lowest BCUT2D eigenvalue weighted by atomic mass is 9.99. The van der Waals surface area contributed by atoms with E-state index in [1.54, 1.807) is 19.9 Å². The van der Waals surface area contributed by atoms with Gasteiger partial charge in [0.15, 0.2) is 0 Å². The molecule has 2 N–H and O–H groups in total. The fraction of sp³-hybridized carbons (Fsp3) is 0.200. The Morgan fingerprint density at radius 2 is 1.82 bits per heavy atom. The summed E-state index contributed by atoms with van der Waals surface area (Å²) in [7, 11) is 0. The number of carbonyl (C=O) groups excluding carboxylic acids is 1. The second kappa shape index (κ2) is 6.98. The summed E-state index contributed by atoms with van der Waals surface area (Å²) in [6.45, 7) is 3.58. The van der Waals surface area contributed by atoms with Crippen LogP contribution in [0.1, 0.15) is 41.3 Å². The van der Waals surface area contributed by atoms with Crippen LogP contribution in [0.15, 0.2) is 47.4 Å². The van der Waals surface area contributed by atoms with Gasteiger partial charge in [-0.25, -0.2) is 0 Å². The minimum atomic E-state index is -4.64. The summed E-state index contributed by atoms with van der Waals surface area (Å²) in [4.78, 5) is 24.2. The number of halogens is 4. The van der Waals surface area contributed by atoms with Crippen LogP contribution in [-0.4, -0.2) is 10.5 Å². The van der Waals surface area contributed by atoms with E-state index in [2.05, 4.69) is 0 Å². The van der Waals surface area contributed by atoms with Gasteiger partial charge in [0.25, 0.3) is 5.91 Å². The molecule has 0 fully saturated rings. The Balaban J connectivity index is 2.46. The van der Waals surface area contributed by atoms with Crippen LogP contribution in [0.25, 0.3) is 16.6 Å². The molecule has 1 heterocycles. The van der Waals surface area contributed by atoms with E-state index in [9.17, 15) is 22.8 Å². The van der Waals surface area contributed by atoms with Crippen molar-refractivity contribution in [3.8, 4) is 5.69 Å². The Hall–Kier alpha value is -2.80. The zero-order valence-electron chi connectivity index (χ0n) is 15.0. The molecule has 1 aromatic heterocycles. The molecule has 0 saturated carbocycles. The van der Waals surface area contributed by atoms with Crippen molar-refractivity contribution in [2.75, 3.05) is 0 Å². The average Bonchev–Trinajstić information content (AvgIpc) is 2.61. The molecular formula is C20H16ClF3N2O2. The number of nitrogens with two attached hydrogens (primary N) is 1. The fourth-order valence-corrected chi connectivity index (χ4v) is 3.20. The van der Waals surface area contributed by atoms with Gasteiger partial charge >= 0.3 is 6.18 Å². The predicted octanol–water partition coefficient (Wildman–Crippen LogP) is 4.89. The lowest BCUT2D eigenvalue weighted by Crippen LogP contribution is -2.24. The lowest BCUT2D eigenvalue weighted by molar-refractivity contribution is -0.137. The molecular weight excluding hydrogens is 393 g/mol. The summed E-state index contributed by atoms with van der Waals surface area (Å²) in [5.74, 6) is -1.14. The molecule has 3 aromatic rings. The smallest absolute Gasteiger partial charge is 0.365 e. The number of rotatable bonds is 3. The molecule has 4 nitrogen and oxygen atoms in total. The summed E-state index contributed by atoms with van der Waals surface area (Å²) in [6.07, 6.45) is -3.60. The monoisotopic (exact) mass is 408 g/mol. The highest BCUT2D eigenvalue weighted by Crippen LogP contribution is 2.37. The standard InChI is InChI=1S/C20H16ClF3N2O2/c1-10(2)11-3-5-17(15(7-11)20(22,23)24)26-9-14(19(25)28)18(27)13-8-12(21)4-6-16(13)26/h3-10H,1-2H3,(H2,25,28). The van der Waals surface area contributed by atoms with Crippen molar-refractivity contribution in [1.82, 2.24) is 4.57 Å². The number of fused-ring (bicyclic) bond motifs is 1. The van der Waals surface area contributed by atoms with Crippen molar-refractivity contribution in [1.29, 1.82) is 0 Å². The number of nitrogens with zero attached hydrogens (tertiary/aromatic N) is 1. The van der Waals surface area contributed by atoms with Crippen LogP contribution < -0.4 is 11.2 Å². The van der Waals surface area contributed by atoms with E-state index in [4.69, 9.17) is 17.3 Å². The fourth-order valence-electron chi connectivity index (χ4n) is 3.03. The summed E-state index contributed by atoms with van der Waals surface area (Å²) < 4.78 is 42.5. The normalized spacial score (nSPS) is 12.0. The molecule has 0 bridgehead atoms. The Bertz CT molecular complexity index is 1150. The predicted molar refractivity (Wildman–Crippen MR) is 102 cm³/mol. The lowest BCUT2D eigenvalue weighted by Gasteiger charge is -2.20. The van der Waals surface area contributed by atoms with Crippen molar-refractivity contribution in [3.05, 3.63) is 74.5 Å². The number of hydrogen-bond acceptors (Lipinski definition) is 2. The van der Waals surface area contributed by atoms with Gasteiger partial charge in [-0.05, 0) is 41.8 Å². The highest BCUT2D eigenvalue weighted by atomic mass is 35.5. The van der Waals surface area contributed by atoms with E-state index in [0.717, 1.165) is 16.8 Å². The molecule has 0 spiro atoms. The molecule has 0 saturated heterocycles. The van der Waals surface area contributed by atoms with Crippen LogP contribution in [0, 0.1) is 0 Å². The van der Waals surface area contributed by atoms with Crippen molar-refractivity contribution >= 4 is 28.4 Å². The molecule has 0 aliphatic heterocycles. The molecule has 2 aromatic carbocycles. The van der Waals surface area contributed by atoms with Crippen LogP contribution in [0.4, 0.5) is 13.2 Å². The first-order valence-electron chi connectivity index (χ1n) is 8.37. The second-order valence-corrected chi connectivity index (χ2v) is 7.13. The van der Waals surface area contributed by atoms with Gasteiger partial charge in [-0.15, -0.1) is 0 Å². The minimum Gasteiger partial charge on any atom is -0.365 e. The molecule has 0 atom stereocenters. The van der Waals surface area contributed by atoms with E-state index < -0.39 is 28.6 Å². The molecule has 8 heteroatoms. The molecule has 3 rings (SSSR count). The van der Waals surface area contributed by atoms with Crippen LogP contribution in [0.3, 0.4) is 0 Å². The van der Waals surface area contributed by atoms with Gasteiger partial charge in [-0.2, -0.15) is 13.2 Å². The van der Waals surface area contributed by atoms with Crippen LogP contribution in [0.2, 0.25) is 5.02 Å². The number of benzene rings is 2. The average molecular weight is 409 g/mol. The van der Waals surface area contributed by atoms with Gasteiger partial charge in [0.05, 0.1) is 16.8 Å². The molecule has 0 radical (unpaired) electrons. The van der Waals surface area contributed by atoms with Crippen LogP contribution in [-0.2, 0) is 6.18 Å². The minimum absolute atomic E-state index is 0.00450. The van der Waals surface area contributed by atoms with Gasteiger partial charge in [-0.1, -0.05) is 31.5 Å². The molecule has 0 aliphatic rings. The number of pyridine rings is 1.